The molecular formula is C16H26N2O3. The Kier molecular flexibility index (Phi) is 5.56. The number of hydrogen-bond acceptors (Lipinski definition) is 5. The number of rotatable bonds is 6. The summed E-state index contributed by atoms with van der Waals surface area (Å²) < 4.78 is 16.3. The molecule has 1 aliphatic heterocycles. The molecule has 1 unspecified atom stereocenters. The zero-order valence-corrected chi connectivity index (χ0v) is 13.4. The van der Waals surface area contributed by atoms with E-state index in [-0.39, 0.29) is 0 Å². The monoisotopic (exact) mass is 294 g/mol. The molecule has 21 heavy (non-hydrogen) atoms. The van der Waals surface area contributed by atoms with Crippen LogP contribution in [0.5, 0.6) is 17.2 Å². The van der Waals surface area contributed by atoms with E-state index < -0.39 is 0 Å². The Morgan fingerprint density at radius 3 is 2.33 bits per heavy atom. The van der Waals surface area contributed by atoms with Crippen molar-refractivity contribution in [2.24, 2.45) is 0 Å². The van der Waals surface area contributed by atoms with E-state index >= 15 is 0 Å². The first kappa shape index (κ1) is 15.8. The van der Waals surface area contributed by atoms with Crippen LogP contribution in [0.25, 0.3) is 0 Å². The predicted octanol–water partition coefficient (Wildman–Crippen LogP) is 2.29. The lowest BCUT2D eigenvalue weighted by atomic mass is 10.1. The van der Waals surface area contributed by atoms with Crippen LogP contribution in [-0.4, -0.2) is 47.0 Å². The van der Waals surface area contributed by atoms with Crippen molar-refractivity contribution in [2.45, 2.75) is 25.8 Å². The van der Waals surface area contributed by atoms with Gasteiger partial charge in [0.1, 0.15) is 0 Å². The Labute approximate surface area is 127 Å². The molecule has 0 aromatic heterocycles. The molecule has 1 N–H and O–H groups in total. The number of anilines is 1. The summed E-state index contributed by atoms with van der Waals surface area (Å²) in [5.74, 6) is 2.05. The summed E-state index contributed by atoms with van der Waals surface area (Å²) in [7, 11) is 4.93. The number of nitrogens with zero attached hydrogens (tertiary/aromatic N) is 1. The third-order valence-corrected chi connectivity index (χ3v) is 3.91. The number of piperazine rings is 1. The Hall–Kier alpha value is -1.62. The minimum absolute atomic E-state index is 0.544. The second kappa shape index (κ2) is 7.41. The first-order chi connectivity index (χ1) is 10.2. The summed E-state index contributed by atoms with van der Waals surface area (Å²) in [5, 5.41) is 3.57. The third kappa shape index (κ3) is 3.53. The maximum atomic E-state index is 5.44. The van der Waals surface area contributed by atoms with Crippen LogP contribution in [0.1, 0.15) is 19.8 Å². The van der Waals surface area contributed by atoms with E-state index in [1.807, 2.05) is 12.1 Å². The summed E-state index contributed by atoms with van der Waals surface area (Å²) in [6.45, 7) is 5.21. The number of nitrogens with one attached hydrogen (secondary N) is 1. The molecule has 0 radical (unpaired) electrons. The van der Waals surface area contributed by atoms with Gasteiger partial charge in [-0.05, 0) is 6.42 Å². The minimum atomic E-state index is 0.544. The topological polar surface area (TPSA) is 43.0 Å². The van der Waals surface area contributed by atoms with Crippen molar-refractivity contribution in [1.82, 2.24) is 5.32 Å². The van der Waals surface area contributed by atoms with Gasteiger partial charge in [-0.1, -0.05) is 13.3 Å². The molecule has 0 spiro atoms. The van der Waals surface area contributed by atoms with Crippen LogP contribution in [-0.2, 0) is 0 Å². The van der Waals surface area contributed by atoms with Gasteiger partial charge >= 0.3 is 0 Å². The second-order valence-corrected chi connectivity index (χ2v) is 5.27. The highest BCUT2D eigenvalue weighted by Gasteiger charge is 2.22. The molecule has 1 aliphatic rings. The maximum absolute atomic E-state index is 5.44. The second-order valence-electron chi connectivity index (χ2n) is 5.27. The molecule has 0 bridgehead atoms. The van der Waals surface area contributed by atoms with Gasteiger partial charge in [-0.2, -0.15) is 0 Å². The SMILES string of the molecule is CCCC1CN(c2cc(OC)c(OC)c(OC)c2)CCN1. The Balaban J connectivity index is 2.26. The normalized spacial score (nSPS) is 18.5. The van der Waals surface area contributed by atoms with Gasteiger partial charge < -0.3 is 24.4 Å². The molecule has 5 heteroatoms. The Bertz CT molecular complexity index is 438. The molecule has 1 aromatic rings. The molecule has 0 amide bonds. The zero-order valence-electron chi connectivity index (χ0n) is 13.4. The molecule has 1 heterocycles. The van der Waals surface area contributed by atoms with E-state index in [2.05, 4.69) is 17.1 Å². The summed E-state index contributed by atoms with van der Waals surface area (Å²) in [6.07, 6.45) is 2.39. The van der Waals surface area contributed by atoms with Crippen LogP contribution >= 0.6 is 0 Å². The van der Waals surface area contributed by atoms with Gasteiger partial charge in [0.2, 0.25) is 5.75 Å². The number of methoxy groups -OCH3 is 3. The van der Waals surface area contributed by atoms with Crippen LogP contribution in [0, 0.1) is 0 Å². The molecule has 1 atom stereocenters. The highest BCUT2D eigenvalue weighted by molar-refractivity contribution is 5.63. The summed E-state index contributed by atoms with van der Waals surface area (Å²) in [4.78, 5) is 2.38. The van der Waals surface area contributed by atoms with Gasteiger partial charge in [-0.3, -0.25) is 0 Å². The lowest BCUT2D eigenvalue weighted by Gasteiger charge is -2.35. The first-order valence-electron chi connectivity index (χ1n) is 7.51. The van der Waals surface area contributed by atoms with Gasteiger partial charge in [-0.25, -0.2) is 0 Å². The van der Waals surface area contributed by atoms with Crippen molar-refractivity contribution in [3.63, 3.8) is 0 Å². The van der Waals surface area contributed by atoms with E-state index in [0.29, 0.717) is 23.3 Å². The lowest BCUT2D eigenvalue weighted by molar-refractivity contribution is 0.324. The standard InChI is InChI=1S/C16H26N2O3/c1-5-6-12-11-18(8-7-17-12)13-9-14(19-2)16(21-4)15(10-13)20-3/h9-10,12,17H,5-8,11H2,1-4H3. The number of ether oxygens (including phenoxy) is 3. The van der Waals surface area contributed by atoms with E-state index in [1.165, 1.54) is 12.8 Å². The van der Waals surface area contributed by atoms with Crippen molar-refractivity contribution in [1.29, 1.82) is 0 Å². The molecule has 0 aliphatic carbocycles. The highest BCUT2D eigenvalue weighted by atomic mass is 16.5. The van der Waals surface area contributed by atoms with Crippen molar-refractivity contribution in [3.8, 4) is 17.2 Å². The Morgan fingerprint density at radius 1 is 1.14 bits per heavy atom. The summed E-state index contributed by atoms with van der Waals surface area (Å²) >= 11 is 0. The molecule has 1 aromatic carbocycles. The van der Waals surface area contributed by atoms with Crippen molar-refractivity contribution < 1.29 is 14.2 Å². The van der Waals surface area contributed by atoms with Gasteiger partial charge in [0.25, 0.3) is 0 Å². The molecule has 2 rings (SSSR count). The molecule has 1 saturated heterocycles. The maximum Gasteiger partial charge on any atom is 0.203 e. The largest absolute Gasteiger partial charge is 0.493 e. The average molecular weight is 294 g/mol. The van der Waals surface area contributed by atoms with Crippen molar-refractivity contribution >= 4 is 5.69 Å². The van der Waals surface area contributed by atoms with Gasteiger partial charge in [0.05, 0.1) is 21.3 Å². The Morgan fingerprint density at radius 2 is 1.81 bits per heavy atom. The van der Waals surface area contributed by atoms with E-state index in [4.69, 9.17) is 14.2 Å². The molecule has 0 saturated carbocycles. The highest BCUT2D eigenvalue weighted by Crippen LogP contribution is 2.41. The van der Waals surface area contributed by atoms with Gasteiger partial charge in [0, 0.05) is 43.5 Å². The first-order valence-corrected chi connectivity index (χ1v) is 7.51. The van der Waals surface area contributed by atoms with Gasteiger partial charge in [-0.15, -0.1) is 0 Å². The summed E-state index contributed by atoms with van der Waals surface area (Å²) in [5.41, 5.74) is 1.12. The molecule has 1 fully saturated rings. The van der Waals surface area contributed by atoms with Crippen LogP contribution in [0.3, 0.4) is 0 Å². The number of benzene rings is 1. The third-order valence-electron chi connectivity index (χ3n) is 3.91. The fraction of sp³-hybridized carbons (Fsp3) is 0.625. The smallest absolute Gasteiger partial charge is 0.203 e. The molecular weight excluding hydrogens is 268 g/mol. The van der Waals surface area contributed by atoms with Crippen LogP contribution in [0.4, 0.5) is 5.69 Å². The number of hydrogen-bond donors (Lipinski definition) is 1. The fourth-order valence-electron chi connectivity index (χ4n) is 2.85. The van der Waals surface area contributed by atoms with Crippen molar-refractivity contribution in [3.05, 3.63) is 12.1 Å². The summed E-state index contributed by atoms with van der Waals surface area (Å²) in [6, 6.07) is 4.59. The molecule has 118 valence electrons. The zero-order chi connectivity index (χ0) is 15.2. The molecule has 5 nitrogen and oxygen atoms in total. The quantitative estimate of drug-likeness (QED) is 0.872. The van der Waals surface area contributed by atoms with Crippen LogP contribution in [0.2, 0.25) is 0 Å². The fourth-order valence-corrected chi connectivity index (χ4v) is 2.85. The van der Waals surface area contributed by atoms with E-state index in [1.54, 1.807) is 21.3 Å². The van der Waals surface area contributed by atoms with E-state index in [0.717, 1.165) is 25.3 Å². The van der Waals surface area contributed by atoms with E-state index in [9.17, 15) is 0 Å². The van der Waals surface area contributed by atoms with Crippen LogP contribution in [0.15, 0.2) is 12.1 Å². The van der Waals surface area contributed by atoms with Crippen molar-refractivity contribution in [2.75, 3.05) is 45.9 Å². The average Bonchev–Trinajstić information content (AvgIpc) is 2.54. The minimum Gasteiger partial charge on any atom is -0.493 e. The predicted molar refractivity (Wildman–Crippen MR) is 85.0 cm³/mol. The van der Waals surface area contributed by atoms with Crippen LogP contribution < -0.4 is 24.4 Å². The lowest BCUT2D eigenvalue weighted by Crippen LogP contribution is -2.50. The van der Waals surface area contributed by atoms with Gasteiger partial charge in [0.15, 0.2) is 11.5 Å².